The van der Waals surface area contributed by atoms with E-state index < -0.39 is 0 Å². The maximum absolute atomic E-state index is 5.69. The highest BCUT2D eigenvalue weighted by molar-refractivity contribution is 7.98. The van der Waals surface area contributed by atoms with Crippen LogP contribution in [0.25, 0.3) is 0 Å². The van der Waals surface area contributed by atoms with Crippen molar-refractivity contribution in [2.75, 3.05) is 6.26 Å². The quantitative estimate of drug-likeness (QED) is 0.502. The van der Waals surface area contributed by atoms with Gasteiger partial charge in [-0.3, -0.25) is 5.84 Å². The topological polar surface area (TPSA) is 38.0 Å². The van der Waals surface area contributed by atoms with E-state index in [0.29, 0.717) is 0 Å². The minimum Gasteiger partial charge on any atom is -0.271 e. The number of nitrogens with one attached hydrogen (secondary N) is 1. The predicted octanol–water partition coefficient (Wildman–Crippen LogP) is 3.27. The lowest BCUT2D eigenvalue weighted by Crippen LogP contribution is -2.28. The summed E-state index contributed by atoms with van der Waals surface area (Å²) < 4.78 is 0. The van der Waals surface area contributed by atoms with E-state index in [1.165, 1.54) is 21.6 Å². The lowest BCUT2D eigenvalue weighted by molar-refractivity contribution is 0.636. The summed E-state index contributed by atoms with van der Waals surface area (Å²) in [6.07, 6.45) is 2.08. The van der Waals surface area contributed by atoms with E-state index in [4.69, 9.17) is 5.84 Å². The number of nitrogens with two attached hydrogens (primary N) is 1. The number of thioether (sulfide) groups is 1. The lowest BCUT2D eigenvalue weighted by atomic mass is 9.98. The molecule has 1 atom stereocenters. The molecule has 0 radical (unpaired) electrons. The van der Waals surface area contributed by atoms with Crippen molar-refractivity contribution < 1.29 is 0 Å². The average molecular weight is 258 g/mol. The van der Waals surface area contributed by atoms with Crippen LogP contribution in [0.2, 0.25) is 0 Å². The summed E-state index contributed by atoms with van der Waals surface area (Å²) in [5.41, 5.74) is 6.50. The van der Waals surface area contributed by atoms with Crippen LogP contribution in [0.4, 0.5) is 0 Å². The zero-order valence-corrected chi connectivity index (χ0v) is 11.5. The third-order valence-corrected chi connectivity index (χ3v) is 3.77. The molecule has 0 saturated carbocycles. The standard InChI is InChI=1S/C15H18N2S/c1-11-3-5-12(6-4-11)15(17-16)13-7-9-14(18-2)10-8-13/h3-10,15,17H,16H2,1-2H3. The van der Waals surface area contributed by atoms with Gasteiger partial charge in [-0.2, -0.15) is 0 Å². The molecule has 3 N–H and O–H groups in total. The number of hydrazine groups is 1. The summed E-state index contributed by atoms with van der Waals surface area (Å²) in [6.45, 7) is 2.09. The second kappa shape index (κ2) is 6.05. The van der Waals surface area contributed by atoms with Gasteiger partial charge in [0.1, 0.15) is 0 Å². The van der Waals surface area contributed by atoms with Crippen molar-refractivity contribution in [1.82, 2.24) is 5.43 Å². The first-order chi connectivity index (χ1) is 8.74. The average Bonchev–Trinajstić information content (AvgIpc) is 2.42. The highest BCUT2D eigenvalue weighted by Gasteiger charge is 2.11. The van der Waals surface area contributed by atoms with Crippen LogP contribution in [0.1, 0.15) is 22.7 Å². The molecule has 0 saturated heterocycles. The molecule has 2 rings (SSSR count). The Kier molecular flexibility index (Phi) is 4.42. The van der Waals surface area contributed by atoms with Crippen LogP contribution in [-0.2, 0) is 0 Å². The summed E-state index contributed by atoms with van der Waals surface area (Å²) >= 11 is 1.74. The zero-order valence-electron chi connectivity index (χ0n) is 10.7. The van der Waals surface area contributed by atoms with Gasteiger partial charge >= 0.3 is 0 Å². The van der Waals surface area contributed by atoms with Gasteiger partial charge in [0.15, 0.2) is 0 Å². The Morgan fingerprint density at radius 1 is 0.944 bits per heavy atom. The molecule has 94 valence electrons. The van der Waals surface area contributed by atoms with E-state index in [1.807, 2.05) is 0 Å². The van der Waals surface area contributed by atoms with E-state index in [1.54, 1.807) is 11.8 Å². The summed E-state index contributed by atoms with van der Waals surface area (Å²) in [6, 6.07) is 17.0. The molecule has 2 aromatic rings. The monoisotopic (exact) mass is 258 g/mol. The van der Waals surface area contributed by atoms with Crippen molar-refractivity contribution in [1.29, 1.82) is 0 Å². The first-order valence-corrected chi connectivity index (χ1v) is 7.13. The van der Waals surface area contributed by atoms with E-state index in [2.05, 4.69) is 67.1 Å². The maximum atomic E-state index is 5.69. The molecule has 0 heterocycles. The molecular weight excluding hydrogens is 240 g/mol. The van der Waals surface area contributed by atoms with Gasteiger partial charge in [0.05, 0.1) is 6.04 Å². The summed E-state index contributed by atoms with van der Waals surface area (Å²) in [7, 11) is 0. The Balaban J connectivity index is 2.29. The Hall–Kier alpha value is -1.29. The van der Waals surface area contributed by atoms with Crippen LogP contribution in [0.3, 0.4) is 0 Å². The van der Waals surface area contributed by atoms with Crippen LogP contribution in [-0.4, -0.2) is 6.26 Å². The second-order valence-electron chi connectivity index (χ2n) is 4.28. The minimum absolute atomic E-state index is 0.0431. The molecule has 2 nitrogen and oxygen atoms in total. The number of hydrogen-bond acceptors (Lipinski definition) is 3. The third kappa shape index (κ3) is 2.93. The molecule has 0 spiro atoms. The normalized spacial score (nSPS) is 12.4. The fourth-order valence-electron chi connectivity index (χ4n) is 1.94. The minimum atomic E-state index is 0.0431. The third-order valence-electron chi connectivity index (χ3n) is 3.03. The fourth-order valence-corrected chi connectivity index (χ4v) is 2.35. The Labute approximate surface area is 113 Å². The van der Waals surface area contributed by atoms with Crippen molar-refractivity contribution in [2.24, 2.45) is 5.84 Å². The number of hydrogen-bond donors (Lipinski definition) is 2. The van der Waals surface area contributed by atoms with Gasteiger partial charge in [0.25, 0.3) is 0 Å². The molecule has 1 unspecified atom stereocenters. The lowest BCUT2D eigenvalue weighted by Gasteiger charge is -2.17. The number of benzene rings is 2. The molecule has 0 aliphatic heterocycles. The largest absolute Gasteiger partial charge is 0.271 e. The Bertz CT molecular complexity index is 491. The predicted molar refractivity (Wildman–Crippen MR) is 78.6 cm³/mol. The summed E-state index contributed by atoms with van der Waals surface area (Å²) in [4.78, 5) is 1.26. The van der Waals surface area contributed by atoms with Gasteiger partial charge in [-0.15, -0.1) is 11.8 Å². The maximum Gasteiger partial charge on any atom is 0.0710 e. The van der Waals surface area contributed by atoms with Crippen LogP contribution in [0, 0.1) is 6.92 Å². The van der Waals surface area contributed by atoms with Crippen LogP contribution in [0.5, 0.6) is 0 Å². The van der Waals surface area contributed by atoms with Gasteiger partial charge in [-0.05, 0) is 36.4 Å². The Morgan fingerprint density at radius 3 is 1.89 bits per heavy atom. The van der Waals surface area contributed by atoms with Crippen molar-refractivity contribution in [2.45, 2.75) is 17.9 Å². The Morgan fingerprint density at radius 2 is 1.44 bits per heavy atom. The van der Waals surface area contributed by atoms with E-state index in [-0.39, 0.29) is 6.04 Å². The second-order valence-corrected chi connectivity index (χ2v) is 5.16. The molecule has 0 fully saturated rings. The van der Waals surface area contributed by atoms with Crippen LogP contribution < -0.4 is 11.3 Å². The van der Waals surface area contributed by atoms with Crippen LogP contribution >= 0.6 is 11.8 Å². The fraction of sp³-hybridized carbons (Fsp3) is 0.200. The van der Waals surface area contributed by atoms with Crippen molar-refractivity contribution >= 4 is 11.8 Å². The molecule has 0 aromatic heterocycles. The van der Waals surface area contributed by atoms with Gasteiger partial charge in [0, 0.05) is 4.90 Å². The summed E-state index contributed by atoms with van der Waals surface area (Å²) in [5, 5.41) is 0. The smallest absolute Gasteiger partial charge is 0.0710 e. The van der Waals surface area contributed by atoms with Crippen LogP contribution in [0.15, 0.2) is 53.4 Å². The molecule has 2 aromatic carbocycles. The zero-order chi connectivity index (χ0) is 13.0. The van der Waals surface area contributed by atoms with Gasteiger partial charge in [-0.25, -0.2) is 5.43 Å². The number of rotatable bonds is 4. The molecule has 18 heavy (non-hydrogen) atoms. The first-order valence-electron chi connectivity index (χ1n) is 5.91. The molecule has 0 aliphatic carbocycles. The SMILES string of the molecule is CSc1ccc(C(NN)c2ccc(C)cc2)cc1. The van der Waals surface area contributed by atoms with Crippen molar-refractivity contribution in [3.05, 3.63) is 65.2 Å². The van der Waals surface area contributed by atoms with Crippen molar-refractivity contribution in [3.8, 4) is 0 Å². The number of aryl methyl sites for hydroxylation is 1. The molecule has 0 aliphatic rings. The van der Waals surface area contributed by atoms with Crippen molar-refractivity contribution in [3.63, 3.8) is 0 Å². The van der Waals surface area contributed by atoms with Gasteiger partial charge in [-0.1, -0.05) is 42.0 Å². The highest BCUT2D eigenvalue weighted by Crippen LogP contribution is 2.24. The van der Waals surface area contributed by atoms with Gasteiger partial charge < -0.3 is 0 Å². The molecule has 0 amide bonds. The van der Waals surface area contributed by atoms with E-state index >= 15 is 0 Å². The van der Waals surface area contributed by atoms with E-state index in [0.717, 1.165) is 0 Å². The van der Waals surface area contributed by atoms with Gasteiger partial charge in [0.2, 0.25) is 0 Å². The molecular formula is C15H18N2S. The van der Waals surface area contributed by atoms with E-state index in [9.17, 15) is 0 Å². The highest BCUT2D eigenvalue weighted by atomic mass is 32.2. The molecule has 0 bridgehead atoms. The summed E-state index contributed by atoms with van der Waals surface area (Å²) in [5.74, 6) is 5.69. The first kappa shape index (κ1) is 13.1. The molecule has 3 heteroatoms.